The van der Waals surface area contributed by atoms with Gasteiger partial charge < -0.3 is 9.88 Å². The van der Waals surface area contributed by atoms with E-state index < -0.39 is 0 Å². The van der Waals surface area contributed by atoms with Crippen molar-refractivity contribution in [1.82, 2.24) is 14.9 Å². The molecule has 0 radical (unpaired) electrons. The van der Waals surface area contributed by atoms with Gasteiger partial charge in [0.2, 0.25) is 0 Å². The molecule has 2 aromatic rings. The predicted octanol–water partition coefficient (Wildman–Crippen LogP) is 3.20. The summed E-state index contributed by atoms with van der Waals surface area (Å²) in [4.78, 5) is 4.45. The van der Waals surface area contributed by atoms with Crippen LogP contribution in [-0.4, -0.2) is 22.1 Å². The molecule has 1 aromatic heterocycles. The van der Waals surface area contributed by atoms with Gasteiger partial charge in [-0.3, -0.25) is 0 Å². The summed E-state index contributed by atoms with van der Waals surface area (Å²) in [5.41, 5.74) is 2.36. The van der Waals surface area contributed by atoms with Crippen molar-refractivity contribution in [3.63, 3.8) is 0 Å². The predicted molar refractivity (Wildman–Crippen MR) is 81.6 cm³/mol. The molecule has 3 nitrogen and oxygen atoms in total. The van der Waals surface area contributed by atoms with Gasteiger partial charge in [-0.05, 0) is 62.6 Å². The normalized spacial score (nSPS) is 19.1. The Morgan fingerprint density at radius 1 is 1.15 bits per heavy atom. The lowest BCUT2D eigenvalue weighted by atomic mass is 10.1. The van der Waals surface area contributed by atoms with Crippen molar-refractivity contribution in [3.05, 3.63) is 30.6 Å². The van der Waals surface area contributed by atoms with Gasteiger partial charge in [0.1, 0.15) is 0 Å². The highest BCUT2D eigenvalue weighted by Crippen LogP contribution is 2.44. The standard InChI is InChI=1S/C17H23N3/c1-2-5-16-15(4-1)19-12-20(16)11-3-10-18-17(13-6-7-13)14-8-9-14/h1-2,4-5,12-14,17-18H,3,6-11H2. The molecule has 4 rings (SSSR count). The lowest BCUT2D eigenvalue weighted by Crippen LogP contribution is -2.34. The minimum Gasteiger partial charge on any atom is -0.331 e. The van der Waals surface area contributed by atoms with Crippen molar-refractivity contribution in [2.45, 2.75) is 44.7 Å². The number of aromatic nitrogens is 2. The molecule has 1 heterocycles. The summed E-state index contributed by atoms with van der Waals surface area (Å²) in [6, 6.07) is 9.22. The molecule has 2 saturated carbocycles. The van der Waals surface area contributed by atoms with E-state index in [-0.39, 0.29) is 0 Å². The summed E-state index contributed by atoms with van der Waals surface area (Å²) in [6.07, 6.45) is 9.00. The van der Waals surface area contributed by atoms with Crippen LogP contribution in [0.1, 0.15) is 32.1 Å². The maximum Gasteiger partial charge on any atom is 0.0958 e. The molecule has 3 heteroatoms. The molecule has 1 N–H and O–H groups in total. The third kappa shape index (κ3) is 2.59. The van der Waals surface area contributed by atoms with Crippen LogP contribution in [0.3, 0.4) is 0 Å². The first-order valence-corrected chi connectivity index (χ1v) is 8.05. The molecule has 0 atom stereocenters. The minimum absolute atomic E-state index is 0.828. The van der Waals surface area contributed by atoms with E-state index >= 15 is 0 Å². The third-order valence-corrected chi connectivity index (χ3v) is 4.74. The molecular weight excluding hydrogens is 246 g/mol. The minimum atomic E-state index is 0.828. The van der Waals surface area contributed by atoms with E-state index in [2.05, 4.69) is 39.1 Å². The first-order valence-electron chi connectivity index (χ1n) is 8.05. The highest BCUT2D eigenvalue weighted by molar-refractivity contribution is 5.74. The summed E-state index contributed by atoms with van der Waals surface area (Å²) >= 11 is 0. The van der Waals surface area contributed by atoms with Crippen molar-refractivity contribution in [1.29, 1.82) is 0 Å². The number of nitrogens with zero attached hydrogens (tertiary/aromatic N) is 2. The zero-order chi connectivity index (χ0) is 13.4. The van der Waals surface area contributed by atoms with Crippen molar-refractivity contribution >= 4 is 11.0 Å². The number of aryl methyl sites for hydroxylation is 1. The summed E-state index contributed by atoms with van der Waals surface area (Å²) in [5.74, 6) is 1.99. The summed E-state index contributed by atoms with van der Waals surface area (Å²) in [6.45, 7) is 2.21. The van der Waals surface area contributed by atoms with Crippen molar-refractivity contribution in [2.75, 3.05) is 6.54 Å². The fourth-order valence-electron chi connectivity index (χ4n) is 3.34. The zero-order valence-electron chi connectivity index (χ0n) is 12.0. The number of para-hydroxylation sites is 2. The van der Waals surface area contributed by atoms with Gasteiger partial charge in [0.25, 0.3) is 0 Å². The summed E-state index contributed by atoms with van der Waals surface area (Å²) < 4.78 is 2.28. The lowest BCUT2D eigenvalue weighted by molar-refractivity contribution is 0.408. The van der Waals surface area contributed by atoms with Gasteiger partial charge in [0.05, 0.1) is 17.4 Å². The maximum absolute atomic E-state index is 4.45. The Bertz CT molecular complexity index is 569. The van der Waals surface area contributed by atoms with E-state index in [0.717, 1.165) is 36.5 Å². The van der Waals surface area contributed by atoms with E-state index in [0.29, 0.717) is 0 Å². The number of benzene rings is 1. The van der Waals surface area contributed by atoms with Crippen LogP contribution in [0.4, 0.5) is 0 Å². The Kier molecular flexibility index (Phi) is 3.23. The van der Waals surface area contributed by atoms with Crippen LogP contribution in [0.5, 0.6) is 0 Å². The van der Waals surface area contributed by atoms with Gasteiger partial charge in [-0.15, -0.1) is 0 Å². The molecule has 20 heavy (non-hydrogen) atoms. The summed E-state index contributed by atoms with van der Waals surface area (Å²) in [7, 11) is 0. The lowest BCUT2D eigenvalue weighted by Gasteiger charge is -2.17. The van der Waals surface area contributed by atoms with E-state index in [1.807, 2.05) is 6.33 Å². The maximum atomic E-state index is 4.45. The first kappa shape index (κ1) is 12.4. The zero-order valence-corrected chi connectivity index (χ0v) is 12.0. The Morgan fingerprint density at radius 2 is 1.90 bits per heavy atom. The van der Waals surface area contributed by atoms with Gasteiger partial charge in [-0.25, -0.2) is 4.98 Å². The molecule has 0 aliphatic heterocycles. The Hall–Kier alpha value is -1.35. The quantitative estimate of drug-likeness (QED) is 0.782. The smallest absolute Gasteiger partial charge is 0.0958 e. The third-order valence-electron chi connectivity index (χ3n) is 4.74. The average Bonchev–Trinajstić information content (AvgIpc) is 3.38. The van der Waals surface area contributed by atoms with Gasteiger partial charge in [-0.2, -0.15) is 0 Å². The van der Waals surface area contributed by atoms with E-state index in [4.69, 9.17) is 0 Å². The average molecular weight is 269 g/mol. The molecule has 0 spiro atoms. The molecule has 1 aromatic carbocycles. The largest absolute Gasteiger partial charge is 0.331 e. The number of hydrogen-bond donors (Lipinski definition) is 1. The second kappa shape index (κ2) is 5.21. The SMILES string of the molecule is c1ccc2c(c1)ncn2CCCNC(C1CC1)C1CC1. The van der Waals surface area contributed by atoms with E-state index in [1.54, 1.807) is 0 Å². The summed E-state index contributed by atoms with van der Waals surface area (Å²) in [5, 5.41) is 3.82. The van der Waals surface area contributed by atoms with E-state index in [1.165, 1.54) is 37.6 Å². The van der Waals surface area contributed by atoms with Crippen LogP contribution in [0.2, 0.25) is 0 Å². The Morgan fingerprint density at radius 3 is 2.65 bits per heavy atom. The van der Waals surface area contributed by atoms with Gasteiger partial charge >= 0.3 is 0 Å². The molecule has 2 aliphatic rings. The van der Waals surface area contributed by atoms with Crippen molar-refractivity contribution in [2.24, 2.45) is 11.8 Å². The molecule has 106 valence electrons. The fourth-order valence-corrected chi connectivity index (χ4v) is 3.34. The van der Waals surface area contributed by atoms with Crippen molar-refractivity contribution in [3.8, 4) is 0 Å². The van der Waals surface area contributed by atoms with Gasteiger partial charge in [-0.1, -0.05) is 12.1 Å². The Labute approximate surface area is 120 Å². The molecule has 2 aliphatic carbocycles. The molecule has 2 fully saturated rings. The van der Waals surface area contributed by atoms with Gasteiger partial charge in [0, 0.05) is 12.6 Å². The van der Waals surface area contributed by atoms with Crippen molar-refractivity contribution < 1.29 is 0 Å². The number of fused-ring (bicyclic) bond motifs is 1. The van der Waals surface area contributed by atoms with Crippen LogP contribution in [0, 0.1) is 11.8 Å². The number of imidazole rings is 1. The first-order chi connectivity index (χ1) is 9.92. The van der Waals surface area contributed by atoms with Gasteiger partial charge in [0.15, 0.2) is 0 Å². The van der Waals surface area contributed by atoms with E-state index in [9.17, 15) is 0 Å². The van der Waals surface area contributed by atoms with Crippen LogP contribution < -0.4 is 5.32 Å². The second-order valence-corrected chi connectivity index (χ2v) is 6.43. The molecule has 0 saturated heterocycles. The van der Waals surface area contributed by atoms with Crippen LogP contribution >= 0.6 is 0 Å². The molecule has 0 unspecified atom stereocenters. The number of nitrogens with one attached hydrogen (secondary N) is 1. The molecule has 0 bridgehead atoms. The monoisotopic (exact) mass is 269 g/mol. The fraction of sp³-hybridized carbons (Fsp3) is 0.588. The molecule has 0 amide bonds. The highest BCUT2D eigenvalue weighted by Gasteiger charge is 2.40. The highest BCUT2D eigenvalue weighted by atomic mass is 15.0. The van der Waals surface area contributed by atoms with Crippen LogP contribution in [0.25, 0.3) is 11.0 Å². The Balaban J connectivity index is 1.30. The van der Waals surface area contributed by atoms with Crippen LogP contribution in [0.15, 0.2) is 30.6 Å². The van der Waals surface area contributed by atoms with Crippen LogP contribution in [-0.2, 0) is 6.54 Å². The topological polar surface area (TPSA) is 29.9 Å². The second-order valence-electron chi connectivity index (χ2n) is 6.43. The molecular formula is C17H23N3. The number of hydrogen-bond acceptors (Lipinski definition) is 2. The number of rotatable bonds is 7.